The molecule has 0 atom stereocenters. The minimum absolute atomic E-state index is 0.0718. The zero-order valence-corrected chi connectivity index (χ0v) is 13.5. The third-order valence-corrected chi connectivity index (χ3v) is 3.55. The SMILES string of the molecule is COc1ccc(-c2nnc(CC(=O)NCc3ccccc3F)o2)cc1. The quantitative estimate of drug-likeness (QED) is 0.746. The summed E-state index contributed by atoms with van der Waals surface area (Å²) in [7, 11) is 1.58. The number of nitrogens with zero attached hydrogens (tertiary/aromatic N) is 2. The van der Waals surface area contributed by atoms with Crippen LogP contribution in [-0.2, 0) is 17.8 Å². The van der Waals surface area contributed by atoms with Gasteiger partial charge in [0.2, 0.25) is 17.7 Å². The van der Waals surface area contributed by atoms with E-state index in [1.54, 1.807) is 49.6 Å². The first-order chi connectivity index (χ1) is 12.2. The smallest absolute Gasteiger partial charge is 0.247 e. The molecule has 0 aliphatic rings. The third kappa shape index (κ3) is 4.20. The minimum Gasteiger partial charge on any atom is -0.497 e. The topological polar surface area (TPSA) is 77.2 Å². The van der Waals surface area contributed by atoms with Crippen LogP contribution in [0.3, 0.4) is 0 Å². The summed E-state index contributed by atoms with van der Waals surface area (Å²) in [5, 5.41) is 10.4. The van der Waals surface area contributed by atoms with Crippen LogP contribution in [0.4, 0.5) is 4.39 Å². The van der Waals surface area contributed by atoms with Gasteiger partial charge in [0.05, 0.1) is 7.11 Å². The van der Waals surface area contributed by atoms with Crippen molar-refractivity contribution < 1.29 is 18.3 Å². The largest absolute Gasteiger partial charge is 0.497 e. The molecule has 3 aromatic rings. The van der Waals surface area contributed by atoms with E-state index in [0.29, 0.717) is 11.5 Å². The van der Waals surface area contributed by atoms with Crippen molar-refractivity contribution >= 4 is 5.91 Å². The summed E-state index contributed by atoms with van der Waals surface area (Å²) < 4.78 is 24.1. The van der Waals surface area contributed by atoms with Crippen LogP contribution in [0.25, 0.3) is 11.5 Å². The van der Waals surface area contributed by atoms with Gasteiger partial charge in [-0.2, -0.15) is 0 Å². The van der Waals surface area contributed by atoms with Crippen LogP contribution in [0.1, 0.15) is 11.5 Å². The highest BCUT2D eigenvalue weighted by Gasteiger charge is 2.13. The lowest BCUT2D eigenvalue weighted by Crippen LogP contribution is -2.25. The Morgan fingerprint density at radius 3 is 2.64 bits per heavy atom. The van der Waals surface area contributed by atoms with Crippen LogP contribution in [0.2, 0.25) is 0 Å². The number of ether oxygens (including phenoxy) is 1. The number of rotatable bonds is 6. The van der Waals surface area contributed by atoms with Gasteiger partial charge in [0.15, 0.2) is 0 Å². The predicted octanol–water partition coefficient (Wildman–Crippen LogP) is 2.74. The summed E-state index contributed by atoms with van der Waals surface area (Å²) in [6.07, 6.45) is -0.0718. The fraction of sp³-hybridized carbons (Fsp3) is 0.167. The van der Waals surface area contributed by atoms with Gasteiger partial charge in [0.25, 0.3) is 0 Å². The van der Waals surface area contributed by atoms with Gasteiger partial charge in [0, 0.05) is 17.7 Å². The molecule has 6 nitrogen and oxygen atoms in total. The maximum atomic E-state index is 13.5. The van der Waals surface area contributed by atoms with Crippen LogP contribution >= 0.6 is 0 Å². The van der Waals surface area contributed by atoms with Crippen LogP contribution < -0.4 is 10.1 Å². The Bertz CT molecular complexity index is 862. The summed E-state index contributed by atoms with van der Waals surface area (Å²) in [6.45, 7) is 0.102. The van der Waals surface area contributed by atoms with Crippen LogP contribution in [0.5, 0.6) is 5.75 Å². The second-order valence-corrected chi connectivity index (χ2v) is 5.27. The molecule has 0 bridgehead atoms. The van der Waals surface area contributed by atoms with Crippen molar-refractivity contribution in [3.8, 4) is 17.2 Å². The van der Waals surface area contributed by atoms with Crippen LogP contribution in [0, 0.1) is 5.82 Å². The Kier molecular flexibility index (Phi) is 5.03. The molecular formula is C18H16FN3O3. The average Bonchev–Trinajstić information content (AvgIpc) is 3.09. The van der Waals surface area contributed by atoms with Crippen molar-refractivity contribution in [1.29, 1.82) is 0 Å². The molecule has 1 aromatic heterocycles. The lowest BCUT2D eigenvalue weighted by Gasteiger charge is -2.04. The number of methoxy groups -OCH3 is 1. The van der Waals surface area contributed by atoms with Crippen molar-refractivity contribution in [3.05, 3.63) is 65.8 Å². The van der Waals surface area contributed by atoms with E-state index in [0.717, 1.165) is 11.3 Å². The van der Waals surface area contributed by atoms with E-state index in [4.69, 9.17) is 9.15 Å². The van der Waals surface area contributed by atoms with E-state index in [1.165, 1.54) is 6.07 Å². The van der Waals surface area contributed by atoms with Gasteiger partial charge in [-0.25, -0.2) is 4.39 Å². The molecule has 0 radical (unpaired) electrons. The molecule has 7 heteroatoms. The van der Waals surface area contributed by atoms with Crippen molar-refractivity contribution in [2.24, 2.45) is 0 Å². The van der Waals surface area contributed by atoms with E-state index in [1.807, 2.05) is 0 Å². The van der Waals surface area contributed by atoms with Gasteiger partial charge < -0.3 is 14.5 Å². The Morgan fingerprint density at radius 2 is 1.92 bits per heavy atom. The predicted molar refractivity (Wildman–Crippen MR) is 88.2 cm³/mol. The van der Waals surface area contributed by atoms with E-state index in [2.05, 4.69) is 15.5 Å². The Labute approximate surface area is 143 Å². The summed E-state index contributed by atoms with van der Waals surface area (Å²) in [6, 6.07) is 13.4. The first-order valence-corrected chi connectivity index (χ1v) is 7.62. The summed E-state index contributed by atoms with van der Waals surface area (Å²) >= 11 is 0. The highest BCUT2D eigenvalue weighted by atomic mass is 19.1. The molecular weight excluding hydrogens is 325 g/mol. The molecule has 1 heterocycles. The minimum atomic E-state index is -0.359. The molecule has 1 amide bonds. The number of nitrogens with one attached hydrogen (secondary N) is 1. The van der Waals surface area contributed by atoms with E-state index in [-0.39, 0.29) is 30.6 Å². The Balaban J connectivity index is 1.59. The number of carbonyl (C=O) groups is 1. The number of carbonyl (C=O) groups excluding carboxylic acids is 1. The maximum Gasteiger partial charge on any atom is 0.247 e. The molecule has 0 spiro atoms. The highest BCUT2D eigenvalue weighted by molar-refractivity contribution is 5.77. The lowest BCUT2D eigenvalue weighted by molar-refractivity contribution is -0.120. The van der Waals surface area contributed by atoms with Crippen LogP contribution in [0.15, 0.2) is 52.9 Å². The molecule has 0 aliphatic heterocycles. The van der Waals surface area contributed by atoms with Crippen molar-refractivity contribution in [2.75, 3.05) is 7.11 Å². The van der Waals surface area contributed by atoms with Crippen molar-refractivity contribution in [2.45, 2.75) is 13.0 Å². The average molecular weight is 341 g/mol. The van der Waals surface area contributed by atoms with E-state index < -0.39 is 0 Å². The molecule has 0 unspecified atom stereocenters. The van der Waals surface area contributed by atoms with Gasteiger partial charge in [-0.05, 0) is 30.3 Å². The summed E-state index contributed by atoms with van der Waals surface area (Å²) in [4.78, 5) is 11.9. The zero-order chi connectivity index (χ0) is 17.6. The van der Waals surface area contributed by atoms with E-state index in [9.17, 15) is 9.18 Å². The third-order valence-electron chi connectivity index (χ3n) is 3.55. The molecule has 2 aromatic carbocycles. The molecule has 25 heavy (non-hydrogen) atoms. The lowest BCUT2D eigenvalue weighted by atomic mass is 10.2. The fourth-order valence-corrected chi connectivity index (χ4v) is 2.21. The van der Waals surface area contributed by atoms with Crippen molar-refractivity contribution in [1.82, 2.24) is 15.5 Å². The molecule has 0 fully saturated rings. The zero-order valence-electron chi connectivity index (χ0n) is 13.5. The molecule has 128 valence electrons. The molecule has 3 rings (SSSR count). The van der Waals surface area contributed by atoms with Gasteiger partial charge >= 0.3 is 0 Å². The van der Waals surface area contributed by atoms with Gasteiger partial charge in [-0.15, -0.1) is 10.2 Å². The van der Waals surface area contributed by atoms with E-state index >= 15 is 0 Å². The summed E-state index contributed by atoms with van der Waals surface area (Å²) in [5.74, 6) is 0.544. The standard InChI is InChI=1S/C18H16FN3O3/c1-24-14-8-6-12(7-9-14)18-22-21-17(25-18)10-16(23)20-11-13-4-2-3-5-15(13)19/h2-9H,10-11H2,1H3,(H,20,23). The number of aromatic nitrogens is 2. The second-order valence-electron chi connectivity index (χ2n) is 5.27. The normalized spacial score (nSPS) is 10.5. The Hall–Kier alpha value is -3.22. The van der Waals surface area contributed by atoms with Gasteiger partial charge in [0.1, 0.15) is 18.0 Å². The number of amides is 1. The number of hydrogen-bond acceptors (Lipinski definition) is 5. The second kappa shape index (κ2) is 7.57. The first kappa shape index (κ1) is 16.6. The monoisotopic (exact) mass is 341 g/mol. The molecule has 1 N–H and O–H groups in total. The number of hydrogen-bond donors (Lipinski definition) is 1. The van der Waals surface area contributed by atoms with Crippen molar-refractivity contribution in [3.63, 3.8) is 0 Å². The number of benzene rings is 2. The summed E-state index contributed by atoms with van der Waals surface area (Å²) in [5.41, 5.74) is 1.15. The first-order valence-electron chi connectivity index (χ1n) is 7.62. The fourth-order valence-electron chi connectivity index (χ4n) is 2.21. The molecule has 0 saturated heterocycles. The maximum absolute atomic E-state index is 13.5. The number of halogens is 1. The molecule has 0 aliphatic carbocycles. The van der Waals surface area contributed by atoms with Gasteiger partial charge in [-0.1, -0.05) is 18.2 Å². The molecule has 0 saturated carbocycles. The van der Waals surface area contributed by atoms with Crippen LogP contribution in [-0.4, -0.2) is 23.2 Å². The Morgan fingerprint density at radius 1 is 1.16 bits per heavy atom. The van der Waals surface area contributed by atoms with Gasteiger partial charge in [-0.3, -0.25) is 4.79 Å². The highest BCUT2D eigenvalue weighted by Crippen LogP contribution is 2.21.